The minimum absolute atomic E-state index is 0.109. The normalized spacial score (nSPS) is 16.5. The SMILES string of the molecule is CN=C(NCC(C)(C)c1ccccc1F)N1CCC(CC(=O)NC)CC1. The van der Waals surface area contributed by atoms with E-state index in [0.29, 0.717) is 24.4 Å². The standard InChI is InChI=1S/C20H31FN4O/c1-20(2,16-7-5-6-8-17(16)21)14-24-19(23-4)25-11-9-15(10-12-25)13-18(26)22-3/h5-8,15H,9-14H2,1-4H3,(H,22,26)(H,23,24). The molecule has 1 amide bonds. The topological polar surface area (TPSA) is 56.7 Å². The molecule has 0 radical (unpaired) electrons. The highest BCUT2D eigenvalue weighted by Gasteiger charge is 2.27. The van der Waals surface area contributed by atoms with Gasteiger partial charge in [-0.15, -0.1) is 0 Å². The van der Waals surface area contributed by atoms with Crippen LogP contribution in [0.4, 0.5) is 4.39 Å². The summed E-state index contributed by atoms with van der Waals surface area (Å²) in [5.74, 6) is 1.20. The molecule has 6 heteroatoms. The number of likely N-dealkylation sites (tertiary alicyclic amines) is 1. The number of amides is 1. The van der Waals surface area contributed by atoms with Gasteiger partial charge in [-0.3, -0.25) is 9.79 Å². The van der Waals surface area contributed by atoms with Crippen molar-refractivity contribution in [3.63, 3.8) is 0 Å². The van der Waals surface area contributed by atoms with Crippen molar-refractivity contribution in [3.8, 4) is 0 Å². The molecule has 5 nitrogen and oxygen atoms in total. The van der Waals surface area contributed by atoms with Gasteiger partial charge in [-0.05, 0) is 30.4 Å². The molecule has 0 spiro atoms. The van der Waals surface area contributed by atoms with Crippen molar-refractivity contribution in [2.24, 2.45) is 10.9 Å². The summed E-state index contributed by atoms with van der Waals surface area (Å²) in [6, 6.07) is 6.92. The van der Waals surface area contributed by atoms with E-state index in [9.17, 15) is 9.18 Å². The molecule has 2 N–H and O–H groups in total. The number of piperidine rings is 1. The molecular weight excluding hydrogens is 331 g/mol. The highest BCUT2D eigenvalue weighted by atomic mass is 19.1. The Kier molecular flexibility index (Phi) is 7.00. The van der Waals surface area contributed by atoms with Gasteiger partial charge in [0.05, 0.1) is 0 Å². The second-order valence-electron chi connectivity index (χ2n) is 7.57. The van der Waals surface area contributed by atoms with Gasteiger partial charge in [-0.1, -0.05) is 32.0 Å². The molecule has 144 valence electrons. The van der Waals surface area contributed by atoms with Gasteiger partial charge in [0, 0.05) is 45.6 Å². The van der Waals surface area contributed by atoms with E-state index in [4.69, 9.17) is 0 Å². The van der Waals surface area contributed by atoms with Crippen LogP contribution in [0.3, 0.4) is 0 Å². The van der Waals surface area contributed by atoms with Gasteiger partial charge in [-0.25, -0.2) is 4.39 Å². The number of nitrogens with zero attached hydrogens (tertiary/aromatic N) is 2. The van der Waals surface area contributed by atoms with Crippen LogP contribution in [0.2, 0.25) is 0 Å². The van der Waals surface area contributed by atoms with Crippen LogP contribution in [0.1, 0.15) is 38.7 Å². The van der Waals surface area contributed by atoms with Crippen LogP contribution in [0.25, 0.3) is 0 Å². The van der Waals surface area contributed by atoms with Crippen molar-refractivity contribution in [1.29, 1.82) is 0 Å². The second-order valence-corrected chi connectivity index (χ2v) is 7.57. The molecule has 1 heterocycles. The number of nitrogens with one attached hydrogen (secondary N) is 2. The van der Waals surface area contributed by atoms with Crippen molar-refractivity contribution in [1.82, 2.24) is 15.5 Å². The molecule has 0 aliphatic carbocycles. The van der Waals surface area contributed by atoms with Gasteiger partial charge < -0.3 is 15.5 Å². The van der Waals surface area contributed by atoms with Crippen molar-refractivity contribution < 1.29 is 9.18 Å². The monoisotopic (exact) mass is 362 g/mol. The van der Waals surface area contributed by atoms with E-state index in [1.165, 1.54) is 6.07 Å². The van der Waals surface area contributed by atoms with Gasteiger partial charge in [0.1, 0.15) is 5.82 Å². The second kappa shape index (κ2) is 9.01. The van der Waals surface area contributed by atoms with E-state index >= 15 is 0 Å². The summed E-state index contributed by atoms with van der Waals surface area (Å²) in [7, 11) is 3.45. The van der Waals surface area contributed by atoms with Crippen LogP contribution >= 0.6 is 0 Å². The van der Waals surface area contributed by atoms with E-state index in [1.54, 1.807) is 20.2 Å². The summed E-state index contributed by atoms with van der Waals surface area (Å²) in [4.78, 5) is 18.1. The van der Waals surface area contributed by atoms with Crippen molar-refractivity contribution in [2.45, 2.75) is 38.5 Å². The molecule has 0 saturated carbocycles. The van der Waals surface area contributed by atoms with Gasteiger partial charge in [0.2, 0.25) is 5.91 Å². The number of guanidine groups is 1. The Morgan fingerprint density at radius 2 is 1.96 bits per heavy atom. The number of rotatable bonds is 5. The first-order valence-electron chi connectivity index (χ1n) is 9.28. The van der Waals surface area contributed by atoms with Crippen LogP contribution < -0.4 is 10.6 Å². The molecule has 2 rings (SSSR count). The van der Waals surface area contributed by atoms with Gasteiger partial charge >= 0.3 is 0 Å². The summed E-state index contributed by atoms with van der Waals surface area (Å²) in [6.07, 6.45) is 2.55. The number of carbonyl (C=O) groups excluding carboxylic acids is 1. The summed E-state index contributed by atoms with van der Waals surface area (Å²) in [5, 5.41) is 6.10. The van der Waals surface area contributed by atoms with Gasteiger partial charge in [-0.2, -0.15) is 0 Å². The Labute approximate surface area is 156 Å². The first kappa shape index (κ1) is 20.2. The largest absolute Gasteiger partial charge is 0.359 e. The lowest BCUT2D eigenvalue weighted by Gasteiger charge is -2.35. The van der Waals surface area contributed by atoms with E-state index < -0.39 is 0 Å². The lowest BCUT2D eigenvalue weighted by Crippen LogP contribution is -2.49. The summed E-state index contributed by atoms with van der Waals surface area (Å²) >= 11 is 0. The first-order chi connectivity index (χ1) is 12.4. The number of carbonyl (C=O) groups is 1. The first-order valence-corrected chi connectivity index (χ1v) is 9.28. The Morgan fingerprint density at radius 1 is 1.31 bits per heavy atom. The molecule has 0 bridgehead atoms. The highest BCUT2D eigenvalue weighted by Crippen LogP contribution is 2.25. The Morgan fingerprint density at radius 3 is 2.54 bits per heavy atom. The number of halogens is 1. The molecule has 1 fully saturated rings. The van der Waals surface area contributed by atoms with Crippen molar-refractivity contribution in [2.75, 3.05) is 33.7 Å². The Bertz CT molecular complexity index is 636. The quantitative estimate of drug-likeness (QED) is 0.625. The van der Waals surface area contributed by atoms with Crippen molar-refractivity contribution in [3.05, 3.63) is 35.6 Å². The lowest BCUT2D eigenvalue weighted by atomic mass is 9.84. The lowest BCUT2D eigenvalue weighted by molar-refractivity contribution is -0.121. The van der Waals surface area contributed by atoms with Crippen LogP contribution in [0.15, 0.2) is 29.3 Å². The fourth-order valence-electron chi connectivity index (χ4n) is 3.45. The summed E-state index contributed by atoms with van der Waals surface area (Å²) < 4.78 is 14.1. The molecule has 0 atom stereocenters. The van der Waals surface area contributed by atoms with E-state index in [-0.39, 0.29) is 17.1 Å². The van der Waals surface area contributed by atoms with Crippen LogP contribution in [0, 0.1) is 11.7 Å². The average Bonchev–Trinajstić information content (AvgIpc) is 2.63. The zero-order valence-corrected chi connectivity index (χ0v) is 16.3. The average molecular weight is 362 g/mol. The molecule has 1 aromatic rings. The van der Waals surface area contributed by atoms with Crippen LogP contribution in [-0.2, 0) is 10.2 Å². The molecule has 1 aliphatic rings. The van der Waals surface area contributed by atoms with Crippen LogP contribution in [-0.4, -0.2) is 50.5 Å². The fraction of sp³-hybridized carbons (Fsp3) is 0.600. The highest BCUT2D eigenvalue weighted by molar-refractivity contribution is 5.80. The minimum atomic E-state index is -0.348. The van der Waals surface area contributed by atoms with Crippen molar-refractivity contribution >= 4 is 11.9 Å². The summed E-state index contributed by atoms with van der Waals surface area (Å²) in [5.41, 5.74) is 0.353. The molecule has 0 aromatic heterocycles. The summed E-state index contributed by atoms with van der Waals surface area (Å²) in [6.45, 7) is 6.41. The zero-order valence-electron chi connectivity index (χ0n) is 16.3. The third kappa shape index (κ3) is 5.19. The maximum absolute atomic E-state index is 14.1. The minimum Gasteiger partial charge on any atom is -0.359 e. The maximum atomic E-state index is 14.1. The molecule has 1 aromatic carbocycles. The molecule has 0 unspecified atom stereocenters. The molecule has 1 saturated heterocycles. The predicted molar refractivity (Wildman–Crippen MR) is 104 cm³/mol. The zero-order chi connectivity index (χ0) is 19.2. The number of hydrogen-bond donors (Lipinski definition) is 2. The Hall–Kier alpha value is -2.11. The predicted octanol–water partition coefficient (Wildman–Crippen LogP) is 2.53. The van der Waals surface area contributed by atoms with E-state index in [0.717, 1.165) is 31.9 Å². The molecule has 26 heavy (non-hydrogen) atoms. The van der Waals surface area contributed by atoms with Gasteiger partial charge in [0.15, 0.2) is 5.96 Å². The Balaban J connectivity index is 1.90. The fourth-order valence-corrected chi connectivity index (χ4v) is 3.45. The van der Waals surface area contributed by atoms with E-state index in [2.05, 4.69) is 20.5 Å². The molecule has 1 aliphatic heterocycles. The van der Waals surface area contributed by atoms with Gasteiger partial charge in [0.25, 0.3) is 0 Å². The molecular formula is C20H31FN4O. The third-order valence-corrected chi connectivity index (χ3v) is 5.17. The number of hydrogen-bond acceptors (Lipinski definition) is 2. The smallest absolute Gasteiger partial charge is 0.220 e. The van der Waals surface area contributed by atoms with Crippen LogP contribution in [0.5, 0.6) is 0 Å². The number of aliphatic imine (C=N–C) groups is 1. The number of benzene rings is 1. The maximum Gasteiger partial charge on any atom is 0.220 e. The van der Waals surface area contributed by atoms with E-state index in [1.807, 2.05) is 26.0 Å². The third-order valence-electron chi connectivity index (χ3n) is 5.17.